The molecule has 1 unspecified atom stereocenters. The average molecular weight is 365 g/mol. The van der Waals surface area contributed by atoms with Crippen molar-refractivity contribution in [2.45, 2.75) is 6.42 Å². The van der Waals surface area contributed by atoms with Crippen LogP contribution in [0.2, 0.25) is 0 Å². The van der Waals surface area contributed by atoms with Crippen molar-refractivity contribution in [3.8, 4) is 5.75 Å². The number of phenols is 1. The molecule has 0 bridgehead atoms. The molecule has 28 heavy (non-hydrogen) atoms. The molecule has 2 aromatic carbocycles. The Kier molecular flexibility index (Phi) is 2.36. The lowest BCUT2D eigenvalue weighted by atomic mass is 9.87. The highest BCUT2D eigenvalue weighted by Gasteiger charge is 2.25. The van der Waals surface area contributed by atoms with Gasteiger partial charge in [0.2, 0.25) is 5.71 Å². The van der Waals surface area contributed by atoms with Gasteiger partial charge in [-0.1, -0.05) is 24.3 Å². The van der Waals surface area contributed by atoms with Crippen LogP contribution in [0, 0.1) is 5.92 Å². The zero-order valence-electron chi connectivity index (χ0n) is 14.8. The Morgan fingerprint density at radius 2 is 1.89 bits per heavy atom. The highest BCUT2D eigenvalue weighted by Crippen LogP contribution is 2.39. The van der Waals surface area contributed by atoms with Crippen LogP contribution in [0.4, 0.5) is 0 Å². The van der Waals surface area contributed by atoms with Gasteiger partial charge >= 0.3 is 0 Å². The van der Waals surface area contributed by atoms with Gasteiger partial charge in [0, 0.05) is 39.8 Å². The number of allylic oxidation sites excluding steroid dienone is 4. The maximum Gasteiger partial charge on any atom is 0.213 e. The third-order valence-electron chi connectivity index (χ3n) is 6.19. The molecule has 0 aliphatic heterocycles. The van der Waals surface area contributed by atoms with Gasteiger partial charge in [0.1, 0.15) is 11.2 Å². The van der Waals surface area contributed by atoms with Crippen molar-refractivity contribution in [2.75, 3.05) is 0 Å². The SMILES string of the molecule is OC1=CC=C2C=c3c(oc4c3c3cccc5c6ccc(O)cc6n4c53)=CC2C1. The molecule has 7 rings (SSSR count). The molecular weight excluding hydrogens is 350 g/mol. The van der Waals surface area contributed by atoms with Crippen LogP contribution < -0.4 is 10.6 Å². The van der Waals surface area contributed by atoms with Crippen molar-refractivity contribution < 1.29 is 14.6 Å². The van der Waals surface area contributed by atoms with Crippen molar-refractivity contribution in [2.24, 2.45) is 5.92 Å². The van der Waals surface area contributed by atoms with Crippen molar-refractivity contribution in [3.63, 3.8) is 0 Å². The molecular formula is C24H15NO3. The van der Waals surface area contributed by atoms with Crippen LogP contribution in [0.3, 0.4) is 0 Å². The first-order valence-electron chi connectivity index (χ1n) is 9.42. The maximum absolute atomic E-state index is 10.1. The largest absolute Gasteiger partial charge is 0.512 e. The Morgan fingerprint density at radius 3 is 2.82 bits per heavy atom. The van der Waals surface area contributed by atoms with E-state index >= 15 is 0 Å². The molecule has 0 saturated heterocycles. The normalized spacial score (nSPS) is 18.8. The van der Waals surface area contributed by atoms with Crippen molar-refractivity contribution in [3.05, 3.63) is 70.5 Å². The predicted molar refractivity (Wildman–Crippen MR) is 110 cm³/mol. The minimum atomic E-state index is 0.143. The van der Waals surface area contributed by atoms with Crippen LogP contribution in [0.15, 0.2) is 64.3 Å². The summed E-state index contributed by atoms with van der Waals surface area (Å²) in [4.78, 5) is 0. The molecule has 1 atom stereocenters. The molecule has 3 heterocycles. The first-order valence-corrected chi connectivity index (χ1v) is 9.42. The van der Waals surface area contributed by atoms with Crippen LogP contribution in [-0.4, -0.2) is 14.6 Å². The maximum atomic E-state index is 10.1. The number of para-hydroxylation sites is 1. The van der Waals surface area contributed by atoms with Crippen LogP contribution in [0.5, 0.6) is 5.75 Å². The van der Waals surface area contributed by atoms with E-state index in [0.717, 1.165) is 48.9 Å². The number of rotatable bonds is 0. The molecule has 2 aliphatic carbocycles. The Hall–Kier alpha value is -3.66. The Labute approximate surface area is 158 Å². The lowest BCUT2D eigenvalue weighted by Crippen LogP contribution is -2.27. The van der Waals surface area contributed by atoms with E-state index in [4.69, 9.17) is 4.42 Å². The molecule has 134 valence electrons. The highest BCUT2D eigenvalue weighted by molar-refractivity contribution is 6.22. The van der Waals surface area contributed by atoms with Crippen LogP contribution >= 0.6 is 0 Å². The number of hydrogen-bond donors (Lipinski definition) is 2. The van der Waals surface area contributed by atoms with Gasteiger partial charge in [0.15, 0.2) is 0 Å². The predicted octanol–water partition coefficient (Wildman–Crippen LogP) is 4.10. The summed E-state index contributed by atoms with van der Waals surface area (Å²) >= 11 is 0. The highest BCUT2D eigenvalue weighted by atomic mass is 16.3. The van der Waals surface area contributed by atoms with Crippen molar-refractivity contribution in [1.82, 2.24) is 4.40 Å². The summed E-state index contributed by atoms with van der Waals surface area (Å²) in [7, 11) is 0. The fourth-order valence-corrected chi connectivity index (χ4v) is 4.99. The fourth-order valence-electron chi connectivity index (χ4n) is 4.99. The molecule has 4 heteroatoms. The van der Waals surface area contributed by atoms with E-state index in [1.165, 1.54) is 5.57 Å². The van der Waals surface area contributed by atoms with Gasteiger partial charge in [-0.25, -0.2) is 0 Å². The van der Waals surface area contributed by atoms with Crippen LogP contribution in [0.1, 0.15) is 6.42 Å². The van der Waals surface area contributed by atoms with E-state index in [-0.39, 0.29) is 11.7 Å². The molecule has 2 N–H and O–H groups in total. The number of aromatic nitrogens is 1. The summed E-state index contributed by atoms with van der Waals surface area (Å²) in [6, 6.07) is 11.8. The van der Waals surface area contributed by atoms with E-state index in [1.807, 2.05) is 12.1 Å². The Balaban J connectivity index is 1.73. The lowest BCUT2D eigenvalue weighted by molar-refractivity contribution is 0.376. The van der Waals surface area contributed by atoms with Gasteiger partial charge < -0.3 is 14.6 Å². The number of hydrogen-bond acceptors (Lipinski definition) is 3. The molecule has 0 amide bonds. The summed E-state index contributed by atoms with van der Waals surface area (Å²) in [6.07, 6.45) is 8.68. The minimum Gasteiger partial charge on any atom is -0.512 e. The number of aromatic hydroxyl groups is 1. The molecule has 0 radical (unpaired) electrons. The Bertz CT molecular complexity index is 1660. The first-order chi connectivity index (χ1) is 13.7. The lowest BCUT2D eigenvalue weighted by Gasteiger charge is -2.18. The van der Waals surface area contributed by atoms with Gasteiger partial charge in [-0.3, -0.25) is 4.40 Å². The smallest absolute Gasteiger partial charge is 0.213 e. The first kappa shape index (κ1) is 14.4. The second-order valence-corrected chi connectivity index (χ2v) is 7.75. The van der Waals surface area contributed by atoms with E-state index in [1.54, 1.807) is 18.2 Å². The summed E-state index contributed by atoms with van der Waals surface area (Å²) in [5.74, 6) is 0.790. The van der Waals surface area contributed by atoms with Gasteiger partial charge in [-0.2, -0.15) is 0 Å². The molecule has 0 saturated carbocycles. The number of aliphatic hydroxyl groups excluding tert-OH is 1. The quantitative estimate of drug-likeness (QED) is 0.434. The number of nitrogens with zero attached hydrogens (tertiary/aromatic N) is 1. The number of aliphatic hydroxyl groups is 1. The third-order valence-corrected chi connectivity index (χ3v) is 6.19. The summed E-state index contributed by atoms with van der Waals surface area (Å²) in [5.41, 5.74) is 4.93. The average Bonchev–Trinajstić information content (AvgIpc) is 3.30. The van der Waals surface area contributed by atoms with Gasteiger partial charge in [0.05, 0.1) is 22.2 Å². The second-order valence-electron chi connectivity index (χ2n) is 7.75. The number of fused-ring (bicyclic) bond motifs is 9. The number of furan rings is 1. The zero-order chi connectivity index (χ0) is 18.6. The minimum absolute atomic E-state index is 0.143. The van der Waals surface area contributed by atoms with E-state index in [2.05, 4.69) is 34.8 Å². The van der Waals surface area contributed by atoms with E-state index < -0.39 is 0 Å². The van der Waals surface area contributed by atoms with Gasteiger partial charge in [0.25, 0.3) is 0 Å². The van der Waals surface area contributed by atoms with E-state index in [0.29, 0.717) is 12.2 Å². The second kappa shape index (κ2) is 4.60. The fraction of sp³-hybridized carbons (Fsp3) is 0.0833. The number of benzene rings is 2. The van der Waals surface area contributed by atoms with Crippen LogP contribution in [0.25, 0.3) is 50.4 Å². The molecule has 4 nitrogen and oxygen atoms in total. The molecule has 3 aromatic heterocycles. The monoisotopic (exact) mass is 365 g/mol. The molecule has 0 spiro atoms. The Morgan fingerprint density at radius 1 is 1.00 bits per heavy atom. The number of phenolic OH excluding ortho intramolecular Hbond substituents is 1. The molecule has 5 aromatic rings. The third kappa shape index (κ3) is 1.58. The summed E-state index contributed by atoms with van der Waals surface area (Å²) in [6.45, 7) is 0. The summed E-state index contributed by atoms with van der Waals surface area (Å²) < 4.78 is 8.51. The summed E-state index contributed by atoms with van der Waals surface area (Å²) in [5, 5.41) is 25.6. The van der Waals surface area contributed by atoms with E-state index in [9.17, 15) is 10.2 Å². The molecule has 2 aliphatic rings. The van der Waals surface area contributed by atoms with Gasteiger partial charge in [-0.05, 0) is 35.9 Å². The standard InChI is InChI=1S/C24H15NO3/c26-14-5-4-12-9-19-21(10-13(12)8-14)28-24-22(19)18-3-1-2-17-16-7-6-15(27)11-20(16)25(24)23(17)18/h1-7,9-11,13,26-27H,8H2. The van der Waals surface area contributed by atoms with Gasteiger partial charge in [-0.15, -0.1) is 0 Å². The topological polar surface area (TPSA) is 58.0 Å². The van der Waals surface area contributed by atoms with Crippen LogP contribution in [-0.2, 0) is 0 Å². The zero-order valence-corrected chi connectivity index (χ0v) is 14.8. The van der Waals surface area contributed by atoms with Crippen molar-refractivity contribution >= 4 is 50.4 Å². The van der Waals surface area contributed by atoms with Crippen molar-refractivity contribution in [1.29, 1.82) is 0 Å². The molecule has 0 fully saturated rings.